The number of carbonyl (C=O) groups is 1. The standard InChI is InChI=1S/C21H31N2O5P/c24-19(15-17-5-2-1-3-6-17)8-7-18-16-22-20(25)23(18)13-4-9-21(10-11-21)12-14-29(26,27)28/h1-3,5-8,18-19,24H,4,9-16H2,(H,22,25)(H2,26,27,28)/t18-,19?/m0/s1. The molecular weight excluding hydrogens is 391 g/mol. The van der Waals surface area contributed by atoms with Gasteiger partial charge in [0.2, 0.25) is 0 Å². The normalized spacial score (nSPS) is 22.1. The van der Waals surface area contributed by atoms with Gasteiger partial charge in [-0.3, -0.25) is 4.57 Å². The Morgan fingerprint density at radius 2 is 1.97 bits per heavy atom. The molecule has 4 N–H and O–H groups in total. The topological polar surface area (TPSA) is 110 Å². The summed E-state index contributed by atoms with van der Waals surface area (Å²) in [6.45, 7) is 1.13. The summed E-state index contributed by atoms with van der Waals surface area (Å²) in [6.07, 6.45) is 7.79. The van der Waals surface area contributed by atoms with Crippen molar-refractivity contribution < 1.29 is 24.3 Å². The summed E-state index contributed by atoms with van der Waals surface area (Å²) in [5, 5.41) is 13.1. The summed E-state index contributed by atoms with van der Waals surface area (Å²) in [4.78, 5) is 32.1. The summed E-state index contributed by atoms with van der Waals surface area (Å²) >= 11 is 0. The molecule has 2 aliphatic rings. The Labute approximate surface area is 172 Å². The van der Waals surface area contributed by atoms with E-state index in [4.69, 9.17) is 9.79 Å². The van der Waals surface area contributed by atoms with Crippen LogP contribution in [0.1, 0.15) is 37.7 Å². The molecule has 1 saturated carbocycles. The molecule has 0 aromatic heterocycles. The predicted molar refractivity (Wildman–Crippen MR) is 112 cm³/mol. The Morgan fingerprint density at radius 1 is 1.24 bits per heavy atom. The smallest absolute Gasteiger partial charge is 0.325 e. The van der Waals surface area contributed by atoms with E-state index >= 15 is 0 Å². The summed E-state index contributed by atoms with van der Waals surface area (Å²) in [5.41, 5.74) is 1.11. The number of nitrogens with one attached hydrogen (secondary N) is 1. The molecule has 3 rings (SSSR count). The predicted octanol–water partition coefficient (Wildman–Crippen LogP) is 2.67. The van der Waals surface area contributed by atoms with E-state index in [1.807, 2.05) is 36.4 Å². The molecule has 0 spiro atoms. The largest absolute Gasteiger partial charge is 0.389 e. The van der Waals surface area contributed by atoms with Crippen LogP contribution >= 0.6 is 7.60 Å². The lowest BCUT2D eigenvalue weighted by molar-refractivity contribution is 0.205. The Balaban J connectivity index is 1.46. The summed E-state index contributed by atoms with van der Waals surface area (Å²) in [6, 6.07) is 9.60. The Bertz CT molecular complexity index is 760. The maximum absolute atomic E-state index is 12.2. The molecular formula is C21H31N2O5P. The first-order valence-electron chi connectivity index (χ1n) is 10.3. The van der Waals surface area contributed by atoms with Gasteiger partial charge in [-0.05, 0) is 43.1 Å². The molecule has 2 fully saturated rings. The van der Waals surface area contributed by atoms with E-state index in [0.717, 1.165) is 31.2 Å². The number of aliphatic hydroxyl groups is 1. The first-order valence-corrected chi connectivity index (χ1v) is 12.1. The number of hydrogen-bond donors (Lipinski definition) is 4. The van der Waals surface area contributed by atoms with Crippen molar-refractivity contribution in [3.05, 3.63) is 48.0 Å². The fourth-order valence-electron chi connectivity index (χ4n) is 3.98. The molecule has 1 aromatic rings. The van der Waals surface area contributed by atoms with Crippen LogP contribution in [0.2, 0.25) is 0 Å². The van der Waals surface area contributed by atoms with Gasteiger partial charge in [-0.15, -0.1) is 0 Å². The number of benzene rings is 1. The lowest BCUT2D eigenvalue weighted by Gasteiger charge is -2.22. The zero-order valence-electron chi connectivity index (χ0n) is 16.6. The molecule has 29 heavy (non-hydrogen) atoms. The molecule has 1 aliphatic heterocycles. The van der Waals surface area contributed by atoms with E-state index in [1.54, 1.807) is 11.0 Å². The van der Waals surface area contributed by atoms with Crippen molar-refractivity contribution >= 4 is 13.6 Å². The van der Waals surface area contributed by atoms with E-state index in [1.165, 1.54) is 0 Å². The first-order chi connectivity index (χ1) is 13.8. The third kappa shape index (κ3) is 6.96. The molecule has 1 unspecified atom stereocenters. The summed E-state index contributed by atoms with van der Waals surface area (Å²) in [5.74, 6) is 0. The molecule has 2 amide bonds. The van der Waals surface area contributed by atoms with Gasteiger partial charge in [0.15, 0.2) is 0 Å². The molecule has 0 radical (unpaired) electrons. The van der Waals surface area contributed by atoms with Crippen LogP contribution in [0, 0.1) is 5.41 Å². The molecule has 1 saturated heterocycles. The van der Waals surface area contributed by atoms with Crippen molar-refractivity contribution in [2.24, 2.45) is 5.41 Å². The van der Waals surface area contributed by atoms with Crippen molar-refractivity contribution in [1.29, 1.82) is 0 Å². The van der Waals surface area contributed by atoms with E-state index in [-0.39, 0.29) is 23.6 Å². The maximum Gasteiger partial charge on any atom is 0.325 e. The van der Waals surface area contributed by atoms with Gasteiger partial charge in [0.25, 0.3) is 0 Å². The third-order valence-electron chi connectivity index (χ3n) is 5.96. The van der Waals surface area contributed by atoms with Gasteiger partial charge in [-0.1, -0.05) is 42.5 Å². The highest BCUT2D eigenvalue weighted by Crippen LogP contribution is 2.55. The number of carbonyl (C=O) groups excluding carboxylic acids is 1. The zero-order chi connectivity index (χ0) is 20.9. The van der Waals surface area contributed by atoms with Gasteiger partial charge in [-0.25, -0.2) is 4.79 Å². The molecule has 160 valence electrons. The van der Waals surface area contributed by atoms with Crippen LogP contribution in [0.4, 0.5) is 4.79 Å². The van der Waals surface area contributed by atoms with Crippen molar-refractivity contribution in [3.63, 3.8) is 0 Å². The SMILES string of the molecule is O=C1NC[C@H](C=CC(O)Cc2ccccc2)N1CCCC1(CCP(=O)(O)O)CC1. The van der Waals surface area contributed by atoms with E-state index < -0.39 is 13.7 Å². The van der Waals surface area contributed by atoms with Crippen molar-refractivity contribution in [1.82, 2.24) is 10.2 Å². The van der Waals surface area contributed by atoms with Crippen molar-refractivity contribution in [3.8, 4) is 0 Å². The average Bonchev–Trinajstić information content (AvgIpc) is 3.36. The molecule has 1 heterocycles. The number of nitrogens with zero attached hydrogens (tertiary/aromatic N) is 1. The van der Waals surface area contributed by atoms with Crippen LogP contribution in [0.15, 0.2) is 42.5 Å². The minimum atomic E-state index is -3.95. The van der Waals surface area contributed by atoms with Gasteiger partial charge >= 0.3 is 13.6 Å². The fraction of sp³-hybridized carbons (Fsp3) is 0.571. The molecule has 1 aromatic carbocycles. The number of rotatable bonds is 11. The highest BCUT2D eigenvalue weighted by molar-refractivity contribution is 7.51. The maximum atomic E-state index is 12.2. The number of aliphatic hydroxyl groups excluding tert-OH is 1. The second kappa shape index (κ2) is 9.43. The lowest BCUT2D eigenvalue weighted by atomic mass is 9.97. The van der Waals surface area contributed by atoms with Crippen LogP contribution in [-0.4, -0.2) is 57.2 Å². The number of hydrogen-bond acceptors (Lipinski definition) is 3. The second-order valence-electron chi connectivity index (χ2n) is 8.33. The van der Waals surface area contributed by atoms with Crippen LogP contribution in [0.5, 0.6) is 0 Å². The van der Waals surface area contributed by atoms with Crippen LogP contribution < -0.4 is 5.32 Å². The van der Waals surface area contributed by atoms with E-state index in [0.29, 0.717) is 25.9 Å². The molecule has 8 heteroatoms. The van der Waals surface area contributed by atoms with E-state index in [2.05, 4.69) is 5.32 Å². The van der Waals surface area contributed by atoms with E-state index in [9.17, 15) is 14.5 Å². The monoisotopic (exact) mass is 422 g/mol. The Morgan fingerprint density at radius 3 is 2.62 bits per heavy atom. The number of urea groups is 1. The average molecular weight is 422 g/mol. The Hall–Kier alpha value is -1.66. The second-order valence-corrected chi connectivity index (χ2v) is 10.1. The molecule has 1 aliphatic carbocycles. The minimum absolute atomic E-state index is 0.0501. The van der Waals surface area contributed by atoms with Gasteiger partial charge in [0.05, 0.1) is 18.3 Å². The van der Waals surface area contributed by atoms with Crippen LogP contribution in [0.25, 0.3) is 0 Å². The Kier molecular flexibility index (Phi) is 7.17. The lowest BCUT2D eigenvalue weighted by Crippen LogP contribution is -2.34. The number of amides is 2. The van der Waals surface area contributed by atoms with Crippen molar-refractivity contribution in [2.45, 2.75) is 50.7 Å². The van der Waals surface area contributed by atoms with Gasteiger partial charge < -0.3 is 25.1 Å². The third-order valence-corrected chi connectivity index (χ3v) is 6.77. The first kappa shape index (κ1) is 22.0. The van der Waals surface area contributed by atoms with Crippen LogP contribution in [-0.2, 0) is 11.0 Å². The highest BCUT2D eigenvalue weighted by atomic mass is 31.2. The fourth-order valence-corrected chi connectivity index (χ4v) is 4.75. The van der Waals surface area contributed by atoms with Gasteiger partial charge in [-0.2, -0.15) is 0 Å². The highest BCUT2D eigenvalue weighted by Gasteiger charge is 2.43. The van der Waals surface area contributed by atoms with Gasteiger partial charge in [0, 0.05) is 19.5 Å². The molecule has 2 atom stereocenters. The van der Waals surface area contributed by atoms with Crippen LogP contribution in [0.3, 0.4) is 0 Å². The minimum Gasteiger partial charge on any atom is -0.389 e. The summed E-state index contributed by atoms with van der Waals surface area (Å²) < 4.78 is 11.1. The quantitative estimate of drug-likeness (QED) is 0.324. The zero-order valence-corrected chi connectivity index (χ0v) is 17.5. The summed E-state index contributed by atoms with van der Waals surface area (Å²) in [7, 11) is -3.95. The molecule has 0 bridgehead atoms. The van der Waals surface area contributed by atoms with Gasteiger partial charge in [0.1, 0.15) is 0 Å². The molecule has 7 nitrogen and oxygen atoms in total. The van der Waals surface area contributed by atoms with Crippen molar-refractivity contribution in [2.75, 3.05) is 19.3 Å².